The molecule has 1 atom stereocenters. The van der Waals surface area contributed by atoms with Crippen molar-refractivity contribution < 1.29 is 0 Å². The molecule has 0 unspecified atom stereocenters. The molecule has 6 rings (SSSR count). The Bertz CT molecular complexity index is 1510. The number of aromatic nitrogens is 5. The third-order valence-electron chi connectivity index (χ3n) is 6.03. The maximum absolute atomic E-state index is 9.71. The van der Waals surface area contributed by atoms with Gasteiger partial charge in [-0.25, -0.2) is 14.6 Å². The topological polar surface area (TPSA) is 98.3 Å². The molecule has 32 heavy (non-hydrogen) atoms. The Morgan fingerprint density at radius 2 is 1.94 bits per heavy atom. The number of nitriles is 1. The van der Waals surface area contributed by atoms with Crippen molar-refractivity contribution in [3.05, 3.63) is 89.7 Å². The average Bonchev–Trinajstić information content (AvgIpc) is 3.57. The van der Waals surface area contributed by atoms with E-state index in [2.05, 4.69) is 29.4 Å². The van der Waals surface area contributed by atoms with Gasteiger partial charge in [0.1, 0.15) is 11.3 Å². The van der Waals surface area contributed by atoms with Crippen molar-refractivity contribution >= 4 is 11.2 Å². The van der Waals surface area contributed by atoms with Gasteiger partial charge in [0.15, 0.2) is 11.5 Å². The van der Waals surface area contributed by atoms with Gasteiger partial charge in [0, 0.05) is 29.7 Å². The lowest BCUT2D eigenvalue weighted by Gasteiger charge is -2.13. The summed E-state index contributed by atoms with van der Waals surface area (Å²) in [5.41, 5.74) is 12.5. The summed E-state index contributed by atoms with van der Waals surface area (Å²) >= 11 is 0. The molecule has 7 nitrogen and oxygen atoms in total. The molecule has 0 bridgehead atoms. The smallest absolute Gasteiger partial charge is 0.167 e. The molecule has 0 aliphatic heterocycles. The summed E-state index contributed by atoms with van der Waals surface area (Å²) in [5.74, 6) is 1.39. The van der Waals surface area contributed by atoms with Crippen LogP contribution in [0, 0.1) is 11.3 Å². The van der Waals surface area contributed by atoms with E-state index in [1.807, 2.05) is 53.2 Å². The highest BCUT2D eigenvalue weighted by atomic mass is 15.3. The summed E-state index contributed by atoms with van der Waals surface area (Å²) in [6.45, 7) is 0. The van der Waals surface area contributed by atoms with Crippen LogP contribution in [-0.2, 0) is 6.42 Å². The summed E-state index contributed by atoms with van der Waals surface area (Å²) in [6.07, 6.45) is 5.49. The predicted octanol–water partition coefficient (Wildman–Crippen LogP) is 4.09. The second kappa shape index (κ2) is 7.15. The van der Waals surface area contributed by atoms with Crippen molar-refractivity contribution in [2.24, 2.45) is 5.73 Å². The zero-order valence-corrected chi connectivity index (χ0v) is 17.2. The van der Waals surface area contributed by atoms with E-state index in [1.165, 1.54) is 11.1 Å². The van der Waals surface area contributed by atoms with Gasteiger partial charge in [-0.05, 0) is 66.4 Å². The minimum Gasteiger partial charge on any atom is -0.324 e. The molecule has 3 aromatic heterocycles. The van der Waals surface area contributed by atoms with E-state index in [1.54, 1.807) is 10.9 Å². The van der Waals surface area contributed by atoms with E-state index in [0.717, 1.165) is 29.6 Å². The molecular weight excluding hydrogens is 398 g/mol. The summed E-state index contributed by atoms with van der Waals surface area (Å²) in [4.78, 5) is 9.79. The molecular formula is C25H19N7. The standard InChI is InChI=1S/C25H19N7/c26-15-17-4-1-2-5-20(17)24-29-22-10-11-23(31-13-3-12-28-31)30-25(22)32(24)18-7-8-19-16(14-18)6-9-21(19)27/h1-5,7-8,10-14,21H,6,9,27H2/t21-/m0/s1. The number of rotatable bonds is 3. The molecule has 3 heterocycles. The van der Waals surface area contributed by atoms with Gasteiger partial charge in [-0.2, -0.15) is 10.4 Å². The second-order valence-corrected chi connectivity index (χ2v) is 7.92. The lowest BCUT2D eigenvalue weighted by Crippen LogP contribution is -2.06. The molecule has 0 saturated carbocycles. The number of aryl methyl sites for hydroxylation is 1. The fraction of sp³-hybridized carbons (Fsp3) is 0.120. The van der Waals surface area contributed by atoms with E-state index in [-0.39, 0.29) is 6.04 Å². The molecule has 1 aliphatic carbocycles. The first-order chi connectivity index (χ1) is 15.7. The van der Waals surface area contributed by atoms with Gasteiger partial charge >= 0.3 is 0 Å². The van der Waals surface area contributed by atoms with E-state index < -0.39 is 0 Å². The van der Waals surface area contributed by atoms with Crippen molar-refractivity contribution in [1.82, 2.24) is 24.3 Å². The zero-order chi connectivity index (χ0) is 21.7. The Hall–Kier alpha value is -4.28. The minimum atomic E-state index is 0.0851. The minimum absolute atomic E-state index is 0.0851. The summed E-state index contributed by atoms with van der Waals surface area (Å²) in [6, 6.07) is 21.9. The van der Waals surface area contributed by atoms with Crippen LogP contribution in [-0.4, -0.2) is 24.3 Å². The van der Waals surface area contributed by atoms with Crippen LogP contribution in [0.2, 0.25) is 0 Å². The zero-order valence-electron chi connectivity index (χ0n) is 17.2. The lowest BCUT2D eigenvalue weighted by molar-refractivity contribution is 0.713. The van der Waals surface area contributed by atoms with Crippen molar-refractivity contribution in [3.63, 3.8) is 0 Å². The molecule has 0 spiro atoms. The number of imidazole rings is 1. The first-order valence-electron chi connectivity index (χ1n) is 10.5. The van der Waals surface area contributed by atoms with E-state index in [4.69, 9.17) is 15.7 Å². The van der Waals surface area contributed by atoms with Crippen LogP contribution in [0.1, 0.15) is 29.2 Å². The van der Waals surface area contributed by atoms with Gasteiger partial charge in [-0.3, -0.25) is 4.57 Å². The lowest BCUT2D eigenvalue weighted by atomic mass is 10.1. The number of benzene rings is 2. The fourth-order valence-corrected chi connectivity index (χ4v) is 4.46. The predicted molar refractivity (Wildman–Crippen MR) is 121 cm³/mol. The number of fused-ring (bicyclic) bond motifs is 2. The van der Waals surface area contributed by atoms with Gasteiger partial charge in [0.2, 0.25) is 0 Å². The third kappa shape index (κ3) is 2.82. The Kier molecular flexibility index (Phi) is 4.13. The molecule has 154 valence electrons. The highest BCUT2D eigenvalue weighted by molar-refractivity contribution is 5.82. The molecule has 0 saturated heterocycles. The van der Waals surface area contributed by atoms with E-state index in [9.17, 15) is 5.26 Å². The number of hydrogen-bond acceptors (Lipinski definition) is 5. The van der Waals surface area contributed by atoms with Crippen LogP contribution in [0.5, 0.6) is 0 Å². The maximum Gasteiger partial charge on any atom is 0.167 e. The highest BCUT2D eigenvalue weighted by Gasteiger charge is 2.22. The van der Waals surface area contributed by atoms with E-state index in [0.29, 0.717) is 22.9 Å². The quantitative estimate of drug-likeness (QED) is 0.477. The molecule has 2 aromatic carbocycles. The average molecular weight is 417 g/mol. The number of hydrogen-bond donors (Lipinski definition) is 1. The Balaban J connectivity index is 1.65. The monoisotopic (exact) mass is 417 g/mol. The van der Waals surface area contributed by atoms with Crippen LogP contribution in [0.25, 0.3) is 34.1 Å². The summed E-state index contributed by atoms with van der Waals surface area (Å²) in [5, 5.41) is 14.0. The molecule has 0 amide bonds. The SMILES string of the molecule is N#Cc1ccccc1-c1nc2ccc(-n3cccn3)nc2n1-c1ccc2c(c1)CC[C@@H]2N. The highest BCUT2D eigenvalue weighted by Crippen LogP contribution is 2.34. The molecule has 5 aromatic rings. The first-order valence-corrected chi connectivity index (χ1v) is 10.5. The van der Waals surface area contributed by atoms with Crippen LogP contribution < -0.4 is 5.73 Å². The first kappa shape index (κ1) is 18.5. The largest absolute Gasteiger partial charge is 0.324 e. The van der Waals surface area contributed by atoms with Crippen molar-refractivity contribution in [2.75, 3.05) is 0 Å². The van der Waals surface area contributed by atoms with Crippen LogP contribution in [0.3, 0.4) is 0 Å². The third-order valence-corrected chi connectivity index (χ3v) is 6.03. The number of nitrogens with zero attached hydrogens (tertiary/aromatic N) is 6. The number of pyridine rings is 1. The molecule has 0 radical (unpaired) electrons. The molecule has 7 heteroatoms. The van der Waals surface area contributed by atoms with Crippen molar-refractivity contribution in [3.8, 4) is 29.0 Å². The Morgan fingerprint density at radius 1 is 1.03 bits per heavy atom. The summed E-state index contributed by atoms with van der Waals surface area (Å²) in [7, 11) is 0. The van der Waals surface area contributed by atoms with Gasteiger partial charge in [0.05, 0.1) is 11.6 Å². The van der Waals surface area contributed by atoms with Crippen LogP contribution in [0.15, 0.2) is 73.1 Å². The fourth-order valence-electron chi connectivity index (χ4n) is 4.46. The van der Waals surface area contributed by atoms with Gasteiger partial charge in [-0.1, -0.05) is 18.2 Å². The normalized spacial score (nSPS) is 15.1. The van der Waals surface area contributed by atoms with Crippen LogP contribution >= 0.6 is 0 Å². The summed E-state index contributed by atoms with van der Waals surface area (Å²) < 4.78 is 3.75. The van der Waals surface area contributed by atoms with Gasteiger partial charge in [-0.15, -0.1) is 0 Å². The van der Waals surface area contributed by atoms with Gasteiger partial charge in [0.25, 0.3) is 0 Å². The number of nitrogens with two attached hydrogens (primary N) is 1. The van der Waals surface area contributed by atoms with Gasteiger partial charge < -0.3 is 5.73 Å². The second-order valence-electron chi connectivity index (χ2n) is 7.92. The Labute approximate surface area is 184 Å². The Morgan fingerprint density at radius 3 is 2.78 bits per heavy atom. The molecule has 2 N–H and O–H groups in total. The van der Waals surface area contributed by atoms with E-state index >= 15 is 0 Å². The molecule has 1 aliphatic rings. The molecule has 0 fully saturated rings. The van der Waals surface area contributed by atoms with Crippen molar-refractivity contribution in [2.45, 2.75) is 18.9 Å². The van der Waals surface area contributed by atoms with Crippen LogP contribution in [0.4, 0.5) is 0 Å². The van der Waals surface area contributed by atoms with Crippen molar-refractivity contribution in [1.29, 1.82) is 5.26 Å². The maximum atomic E-state index is 9.71.